The largest absolute Gasteiger partial charge is 0.423 e. The first-order chi connectivity index (χ1) is 14.8. The van der Waals surface area contributed by atoms with Crippen molar-refractivity contribution in [2.24, 2.45) is 0 Å². The quantitative estimate of drug-likeness (QED) is 0.532. The zero-order chi connectivity index (χ0) is 22.0. The fourth-order valence-electron chi connectivity index (χ4n) is 3.78. The van der Waals surface area contributed by atoms with E-state index < -0.39 is 22.4 Å². The molecule has 2 fully saturated rings. The summed E-state index contributed by atoms with van der Waals surface area (Å²) in [5, 5.41) is 11.0. The standard InChI is InChI=1S/C19H21F3N6O3/c20-19(21,22)15-11-14(1-2-16(15)28(29)30)25-3-5-26(6-4-25)17-12-18(24-13-23-17)27-7-9-31-10-8-27/h1-2,11-13H,3-10H2. The monoisotopic (exact) mass is 438 g/mol. The van der Waals surface area contributed by atoms with E-state index in [0.717, 1.165) is 36.9 Å². The zero-order valence-electron chi connectivity index (χ0n) is 16.6. The smallest absolute Gasteiger partial charge is 0.378 e. The SMILES string of the molecule is O=[N+]([O-])c1ccc(N2CCN(c3cc(N4CCOCC4)ncn3)CC2)cc1C(F)(F)F. The molecule has 12 heteroatoms. The van der Waals surface area contributed by atoms with Crippen LogP contribution in [-0.4, -0.2) is 67.4 Å². The number of halogens is 3. The molecule has 0 aliphatic carbocycles. The van der Waals surface area contributed by atoms with Crippen LogP contribution in [0.4, 0.5) is 36.2 Å². The average molecular weight is 438 g/mol. The summed E-state index contributed by atoms with van der Waals surface area (Å²) in [5.41, 5.74) is -1.86. The minimum absolute atomic E-state index is 0.314. The lowest BCUT2D eigenvalue weighted by Gasteiger charge is -2.37. The van der Waals surface area contributed by atoms with E-state index in [2.05, 4.69) is 19.8 Å². The van der Waals surface area contributed by atoms with Gasteiger partial charge in [0, 0.05) is 57.1 Å². The molecule has 2 aliphatic rings. The summed E-state index contributed by atoms with van der Waals surface area (Å²) in [7, 11) is 0. The van der Waals surface area contributed by atoms with Crippen molar-refractivity contribution in [2.45, 2.75) is 6.18 Å². The van der Waals surface area contributed by atoms with Gasteiger partial charge in [-0.2, -0.15) is 13.2 Å². The van der Waals surface area contributed by atoms with Gasteiger partial charge in [0.1, 0.15) is 23.5 Å². The maximum absolute atomic E-state index is 13.3. The third-order valence-electron chi connectivity index (χ3n) is 5.42. The van der Waals surface area contributed by atoms with E-state index in [4.69, 9.17) is 4.74 Å². The molecule has 166 valence electrons. The van der Waals surface area contributed by atoms with Crippen LogP contribution in [0.5, 0.6) is 0 Å². The van der Waals surface area contributed by atoms with Crippen molar-refractivity contribution < 1.29 is 22.8 Å². The van der Waals surface area contributed by atoms with Crippen LogP contribution in [0.2, 0.25) is 0 Å². The molecule has 0 spiro atoms. The fraction of sp³-hybridized carbons (Fsp3) is 0.474. The molecule has 0 saturated carbocycles. The topological polar surface area (TPSA) is 87.9 Å². The Morgan fingerprint density at radius 2 is 1.48 bits per heavy atom. The highest BCUT2D eigenvalue weighted by atomic mass is 19.4. The predicted octanol–water partition coefficient (Wildman–Crippen LogP) is 2.57. The minimum atomic E-state index is -4.79. The summed E-state index contributed by atoms with van der Waals surface area (Å²) < 4.78 is 45.2. The second-order valence-corrected chi connectivity index (χ2v) is 7.26. The average Bonchev–Trinajstić information content (AvgIpc) is 2.79. The zero-order valence-corrected chi connectivity index (χ0v) is 16.6. The first kappa shape index (κ1) is 21.1. The minimum Gasteiger partial charge on any atom is -0.378 e. The first-order valence-corrected chi connectivity index (χ1v) is 9.83. The lowest BCUT2D eigenvalue weighted by atomic mass is 10.1. The molecule has 2 aromatic rings. The van der Waals surface area contributed by atoms with Crippen molar-refractivity contribution >= 4 is 23.0 Å². The highest BCUT2D eigenvalue weighted by Crippen LogP contribution is 2.38. The van der Waals surface area contributed by atoms with Crippen LogP contribution >= 0.6 is 0 Å². The number of hydrogen-bond acceptors (Lipinski definition) is 8. The van der Waals surface area contributed by atoms with Crippen LogP contribution in [0.15, 0.2) is 30.6 Å². The molecule has 31 heavy (non-hydrogen) atoms. The highest BCUT2D eigenvalue weighted by molar-refractivity contribution is 5.58. The van der Waals surface area contributed by atoms with Crippen molar-refractivity contribution in [3.8, 4) is 0 Å². The van der Waals surface area contributed by atoms with Gasteiger partial charge in [-0.3, -0.25) is 10.1 Å². The third kappa shape index (κ3) is 4.63. The Morgan fingerprint density at radius 3 is 2.06 bits per heavy atom. The van der Waals surface area contributed by atoms with Crippen LogP contribution in [0, 0.1) is 10.1 Å². The summed E-state index contributed by atoms with van der Waals surface area (Å²) >= 11 is 0. The van der Waals surface area contributed by atoms with E-state index in [1.165, 1.54) is 12.4 Å². The molecule has 9 nitrogen and oxygen atoms in total. The van der Waals surface area contributed by atoms with E-state index in [0.29, 0.717) is 45.1 Å². The van der Waals surface area contributed by atoms with Crippen LogP contribution in [-0.2, 0) is 10.9 Å². The molecule has 0 amide bonds. The Balaban J connectivity index is 1.46. The van der Waals surface area contributed by atoms with Gasteiger partial charge < -0.3 is 19.4 Å². The van der Waals surface area contributed by atoms with Crippen molar-refractivity contribution in [3.63, 3.8) is 0 Å². The molecular weight excluding hydrogens is 417 g/mol. The normalized spacial score (nSPS) is 17.7. The number of piperazine rings is 1. The molecule has 0 radical (unpaired) electrons. The second kappa shape index (κ2) is 8.53. The number of ether oxygens (including phenoxy) is 1. The summed E-state index contributed by atoms with van der Waals surface area (Å²) in [5.74, 6) is 1.58. The number of benzene rings is 1. The van der Waals surface area contributed by atoms with E-state index in [1.807, 2.05) is 6.07 Å². The number of aromatic nitrogens is 2. The lowest BCUT2D eigenvalue weighted by Crippen LogP contribution is -2.47. The van der Waals surface area contributed by atoms with Gasteiger partial charge in [-0.15, -0.1) is 0 Å². The van der Waals surface area contributed by atoms with Crippen LogP contribution in [0.25, 0.3) is 0 Å². The molecule has 1 aromatic carbocycles. The highest BCUT2D eigenvalue weighted by Gasteiger charge is 2.39. The number of rotatable bonds is 4. The lowest BCUT2D eigenvalue weighted by molar-refractivity contribution is -0.388. The number of nitro benzene ring substituents is 1. The van der Waals surface area contributed by atoms with E-state index in [1.54, 1.807) is 4.90 Å². The maximum atomic E-state index is 13.3. The summed E-state index contributed by atoms with van der Waals surface area (Å²) in [6.07, 6.45) is -3.28. The van der Waals surface area contributed by atoms with Gasteiger partial charge >= 0.3 is 6.18 Å². The number of alkyl halides is 3. The number of hydrogen-bond donors (Lipinski definition) is 0. The molecule has 0 unspecified atom stereocenters. The maximum Gasteiger partial charge on any atom is 0.423 e. The Kier molecular flexibility index (Phi) is 5.81. The van der Waals surface area contributed by atoms with Gasteiger partial charge in [0.05, 0.1) is 18.1 Å². The molecule has 0 N–H and O–H groups in total. The van der Waals surface area contributed by atoms with E-state index >= 15 is 0 Å². The molecule has 0 bridgehead atoms. The van der Waals surface area contributed by atoms with Gasteiger partial charge in [-0.1, -0.05) is 0 Å². The molecule has 0 atom stereocenters. The number of anilines is 3. The summed E-state index contributed by atoms with van der Waals surface area (Å²) in [6.45, 7) is 4.84. The number of nitro groups is 1. The molecule has 2 aliphatic heterocycles. The van der Waals surface area contributed by atoms with Gasteiger partial charge in [0.25, 0.3) is 5.69 Å². The predicted molar refractivity (Wildman–Crippen MR) is 108 cm³/mol. The van der Waals surface area contributed by atoms with Gasteiger partial charge in [-0.05, 0) is 12.1 Å². The Labute approximate surface area is 176 Å². The Bertz CT molecular complexity index is 944. The summed E-state index contributed by atoms with van der Waals surface area (Å²) in [4.78, 5) is 24.6. The Morgan fingerprint density at radius 1 is 0.903 bits per heavy atom. The molecular formula is C19H21F3N6O3. The van der Waals surface area contributed by atoms with Gasteiger partial charge in [0.15, 0.2) is 0 Å². The third-order valence-corrected chi connectivity index (χ3v) is 5.42. The summed E-state index contributed by atoms with van der Waals surface area (Å²) in [6, 6.07) is 5.05. The Hall–Kier alpha value is -3.15. The van der Waals surface area contributed by atoms with Crippen LogP contribution in [0.1, 0.15) is 5.56 Å². The van der Waals surface area contributed by atoms with Crippen molar-refractivity contribution in [1.82, 2.24) is 9.97 Å². The molecule has 1 aromatic heterocycles. The molecule has 2 saturated heterocycles. The van der Waals surface area contributed by atoms with Crippen molar-refractivity contribution in [3.05, 3.63) is 46.3 Å². The first-order valence-electron chi connectivity index (χ1n) is 9.83. The molecule has 3 heterocycles. The van der Waals surface area contributed by atoms with Crippen molar-refractivity contribution in [1.29, 1.82) is 0 Å². The van der Waals surface area contributed by atoms with Crippen molar-refractivity contribution in [2.75, 3.05) is 67.2 Å². The van der Waals surface area contributed by atoms with Crippen LogP contribution in [0.3, 0.4) is 0 Å². The van der Waals surface area contributed by atoms with Gasteiger partial charge in [0.2, 0.25) is 0 Å². The second-order valence-electron chi connectivity index (χ2n) is 7.26. The van der Waals surface area contributed by atoms with E-state index in [-0.39, 0.29) is 0 Å². The van der Waals surface area contributed by atoms with Gasteiger partial charge in [-0.25, -0.2) is 9.97 Å². The molecule has 4 rings (SSSR count). The van der Waals surface area contributed by atoms with Crippen LogP contribution < -0.4 is 14.7 Å². The number of nitrogens with zero attached hydrogens (tertiary/aromatic N) is 6. The fourth-order valence-corrected chi connectivity index (χ4v) is 3.78. The van der Waals surface area contributed by atoms with E-state index in [9.17, 15) is 23.3 Å². The number of morpholine rings is 1.